The van der Waals surface area contributed by atoms with Gasteiger partial charge in [-0.3, -0.25) is 29.3 Å². The largest absolute Gasteiger partial charge is 0.481 e. The molecule has 2 fully saturated rings. The number of aliphatic carboxylic acids is 1. The van der Waals surface area contributed by atoms with Gasteiger partial charge in [0.15, 0.2) is 0 Å². The van der Waals surface area contributed by atoms with Crippen LogP contribution in [-0.2, 0) is 25.7 Å². The quantitative estimate of drug-likeness (QED) is 0.402. The SMILES string of the molecule is CCn1nc(C)cc1C(=O)NN1CCC(=O)N2CCCC(C(=O)NC(C=O)CC(=O)O)N2C1=O. The molecule has 0 radical (unpaired) electrons. The number of nitrogens with one attached hydrogen (secondary N) is 2. The highest BCUT2D eigenvalue weighted by atomic mass is 16.4. The number of hydrogen-bond acceptors (Lipinski definition) is 7. The van der Waals surface area contributed by atoms with Gasteiger partial charge >= 0.3 is 12.0 Å². The lowest BCUT2D eigenvalue weighted by Crippen LogP contribution is -2.64. The minimum Gasteiger partial charge on any atom is -0.481 e. The summed E-state index contributed by atoms with van der Waals surface area (Å²) in [5.74, 6) is -3.05. The molecule has 2 atom stereocenters. The highest BCUT2D eigenvalue weighted by Gasteiger charge is 2.44. The van der Waals surface area contributed by atoms with Crippen molar-refractivity contribution in [2.24, 2.45) is 0 Å². The Morgan fingerprint density at radius 3 is 2.68 bits per heavy atom. The number of aromatic nitrogens is 2. The molecular weight excluding hydrogens is 450 g/mol. The summed E-state index contributed by atoms with van der Waals surface area (Å²) in [6.07, 6.45) is 0.195. The fourth-order valence-electron chi connectivity index (χ4n) is 3.97. The normalized spacial score (nSPS) is 19.2. The van der Waals surface area contributed by atoms with E-state index in [0.29, 0.717) is 24.9 Å². The fourth-order valence-corrected chi connectivity index (χ4v) is 3.97. The maximum atomic E-state index is 13.4. The molecule has 2 aliphatic heterocycles. The summed E-state index contributed by atoms with van der Waals surface area (Å²) in [6.45, 7) is 4.05. The number of carbonyl (C=O) groups excluding carboxylic acids is 5. The van der Waals surface area contributed by atoms with E-state index in [2.05, 4.69) is 15.8 Å². The van der Waals surface area contributed by atoms with E-state index in [1.807, 2.05) is 6.92 Å². The number of hydrogen-bond donors (Lipinski definition) is 3. The maximum absolute atomic E-state index is 13.4. The lowest BCUT2D eigenvalue weighted by molar-refractivity contribution is -0.155. The molecule has 14 nitrogen and oxygen atoms in total. The molecule has 0 spiro atoms. The molecule has 3 heterocycles. The topological polar surface area (TPSA) is 174 Å². The Kier molecular flexibility index (Phi) is 7.48. The van der Waals surface area contributed by atoms with Crippen LogP contribution in [0.3, 0.4) is 0 Å². The van der Waals surface area contributed by atoms with E-state index in [0.717, 1.165) is 15.0 Å². The molecule has 2 saturated heterocycles. The number of hydrazine groups is 2. The van der Waals surface area contributed by atoms with Crippen molar-refractivity contribution in [2.75, 3.05) is 13.1 Å². The van der Waals surface area contributed by atoms with Crippen molar-refractivity contribution >= 4 is 36.0 Å². The van der Waals surface area contributed by atoms with Crippen LogP contribution in [0.4, 0.5) is 4.79 Å². The molecule has 1 aromatic rings. The van der Waals surface area contributed by atoms with E-state index < -0.39 is 48.2 Å². The van der Waals surface area contributed by atoms with Crippen molar-refractivity contribution in [1.82, 2.24) is 35.5 Å². The number of carboxylic acids is 1. The third-order valence-corrected chi connectivity index (χ3v) is 5.53. The van der Waals surface area contributed by atoms with Gasteiger partial charge in [-0.05, 0) is 32.8 Å². The second kappa shape index (κ2) is 10.3. The summed E-state index contributed by atoms with van der Waals surface area (Å²) in [7, 11) is 0. The minimum atomic E-state index is -1.29. The van der Waals surface area contributed by atoms with Crippen molar-refractivity contribution in [3.05, 3.63) is 17.5 Å². The van der Waals surface area contributed by atoms with Crippen molar-refractivity contribution in [1.29, 1.82) is 0 Å². The number of urea groups is 1. The molecule has 14 heteroatoms. The molecule has 2 unspecified atom stereocenters. The first kappa shape index (κ1) is 24.7. The zero-order chi connectivity index (χ0) is 25.0. The van der Waals surface area contributed by atoms with Crippen LogP contribution in [0.1, 0.15) is 48.8 Å². The molecule has 3 N–H and O–H groups in total. The summed E-state index contributed by atoms with van der Waals surface area (Å²) in [5, 5.41) is 18.5. The fraction of sp³-hybridized carbons (Fsp3) is 0.550. The molecule has 1 aromatic heterocycles. The van der Waals surface area contributed by atoms with Gasteiger partial charge in [0.25, 0.3) is 5.91 Å². The molecule has 0 aromatic carbocycles. The van der Waals surface area contributed by atoms with E-state index in [4.69, 9.17) is 5.11 Å². The zero-order valence-electron chi connectivity index (χ0n) is 18.9. The molecule has 34 heavy (non-hydrogen) atoms. The van der Waals surface area contributed by atoms with E-state index in [1.165, 1.54) is 4.68 Å². The highest BCUT2D eigenvalue weighted by molar-refractivity contribution is 5.96. The van der Waals surface area contributed by atoms with E-state index in [-0.39, 0.29) is 31.6 Å². The minimum absolute atomic E-state index is 0.0844. The Morgan fingerprint density at radius 1 is 1.29 bits per heavy atom. The molecule has 2 aliphatic rings. The number of nitrogens with zero attached hydrogens (tertiary/aromatic N) is 5. The number of aldehydes is 1. The van der Waals surface area contributed by atoms with Crippen LogP contribution in [0.2, 0.25) is 0 Å². The number of aryl methyl sites for hydroxylation is 2. The molecular formula is C20H27N7O7. The van der Waals surface area contributed by atoms with Crippen molar-refractivity contribution in [3.8, 4) is 0 Å². The van der Waals surface area contributed by atoms with Crippen LogP contribution in [-0.4, -0.2) is 91.1 Å². The first-order chi connectivity index (χ1) is 16.2. The third kappa shape index (κ3) is 5.15. The van der Waals surface area contributed by atoms with Gasteiger partial charge in [0.1, 0.15) is 18.0 Å². The number of carbonyl (C=O) groups is 6. The van der Waals surface area contributed by atoms with Gasteiger partial charge in [-0.25, -0.2) is 19.8 Å². The van der Waals surface area contributed by atoms with Crippen LogP contribution < -0.4 is 10.7 Å². The van der Waals surface area contributed by atoms with E-state index in [1.54, 1.807) is 13.0 Å². The van der Waals surface area contributed by atoms with Crippen molar-refractivity contribution < 1.29 is 33.9 Å². The van der Waals surface area contributed by atoms with E-state index >= 15 is 0 Å². The Morgan fingerprint density at radius 2 is 2.03 bits per heavy atom. The summed E-state index contributed by atoms with van der Waals surface area (Å²) in [6, 6.07) is -1.68. The standard InChI is InChI=1S/C20H27N7O7/c1-3-24-15(9-12(2)22-24)19(33)23-25-8-6-16(29)26-7-4-5-14(27(26)20(25)34)18(32)21-13(11-28)10-17(30)31/h9,11,13-14H,3-8,10H2,1-2H3,(H,21,32)(H,23,33)(H,30,31). The van der Waals surface area contributed by atoms with Crippen LogP contribution >= 0.6 is 0 Å². The number of rotatable bonds is 8. The van der Waals surface area contributed by atoms with Gasteiger partial charge in [-0.2, -0.15) is 5.10 Å². The average molecular weight is 477 g/mol. The van der Waals surface area contributed by atoms with E-state index in [9.17, 15) is 28.8 Å². The summed E-state index contributed by atoms with van der Waals surface area (Å²) < 4.78 is 1.48. The Hall–Kier alpha value is -3.97. The van der Waals surface area contributed by atoms with Crippen molar-refractivity contribution in [3.63, 3.8) is 0 Å². The van der Waals surface area contributed by atoms with Crippen molar-refractivity contribution in [2.45, 2.75) is 58.2 Å². The summed E-state index contributed by atoms with van der Waals surface area (Å²) in [4.78, 5) is 73.9. The first-order valence-corrected chi connectivity index (χ1v) is 10.9. The predicted octanol–water partition coefficient (Wildman–Crippen LogP) is -0.952. The number of amides is 5. The Balaban J connectivity index is 1.83. The van der Waals surface area contributed by atoms with Gasteiger partial charge in [-0.1, -0.05) is 0 Å². The second-order valence-electron chi connectivity index (χ2n) is 7.98. The lowest BCUT2D eigenvalue weighted by atomic mass is 10.1. The number of fused-ring (bicyclic) bond motifs is 1. The van der Waals surface area contributed by atoms with Gasteiger partial charge in [0.05, 0.1) is 24.7 Å². The molecule has 0 saturated carbocycles. The highest BCUT2D eigenvalue weighted by Crippen LogP contribution is 2.24. The van der Waals surface area contributed by atoms with Crippen LogP contribution in [0, 0.1) is 6.92 Å². The lowest BCUT2D eigenvalue weighted by Gasteiger charge is -2.42. The smallest absolute Gasteiger partial charge is 0.358 e. The molecule has 3 rings (SSSR count). The second-order valence-corrected chi connectivity index (χ2v) is 7.98. The summed E-state index contributed by atoms with van der Waals surface area (Å²) >= 11 is 0. The maximum Gasteiger partial charge on any atom is 0.358 e. The van der Waals surface area contributed by atoms with Crippen LogP contribution in [0.5, 0.6) is 0 Å². The molecule has 184 valence electrons. The monoisotopic (exact) mass is 477 g/mol. The van der Waals surface area contributed by atoms with Crippen LogP contribution in [0.15, 0.2) is 6.07 Å². The Bertz CT molecular complexity index is 1010. The Labute approximate surface area is 194 Å². The van der Waals surface area contributed by atoms with Gasteiger partial charge in [0.2, 0.25) is 11.8 Å². The van der Waals surface area contributed by atoms with Gasteiger partial charge in [0, 0.05) is 19.5 Å². The molecule has 5 amide bonds. The van der Waals surface area contributed by atoms with Crippen LogP contribution in [0.25, 0.3) is 0 Å². The predicted molar refractivity (Wildman–Crippen MR) is 114 cm³/mol. The van der Waals surface area contributed by atoms with Gasteiger partial charge in [-0.15, -0.1) is 0 Å². The molecule has 0 aliphatic carbocycles. The van der Waals surface area contributed by atoms with Gasteiger partial charge < -0.3 is 15.2 Å². The summed E-state index contributed by atoms with van der Waals surface area (Å²) in [5.41, 5.74) is 3.35. The number of carboxylic acid groups (broad SMARTS) is 1. The third-order valence-electron chi connectivity index (χ3n) is 5.53. The average Bonchev–Trinajstić information content (AvgIpc) is 3.15. The molecule has 0 bridgehead atoms. The zero-order valence-corrected chi connectivity index (χ0v) is 18.9. The first-order valence-electron chi connectivity index (χ1n) is 10.9.